The Hall–Kier alpha value is -0.450. The van der Waals surface area contributed by atoms with Crippen molar-refractivity contribution in [3.63, 3.8) is 0 Å². The van der Waals surface area contributed by atoms with Gasteiger partial charge in [-0.3, -0.25) is 0 Å². The van der Waals surface area contributed by atoms with Gasteiger partial charge >= 0.3 is 0 Å². The predicted molar refractivity (Wildman–Crippen MR) is 78.3 cm³/mol. The van der Waals surface area contributed by atoms with E-state index in [2.05, 4.69) is 39.9 Å². The molecule has 0 aliphatic heterocycles. The van der Waals surface area contributed by atoms with Crippen LogP contribution in [0.25, 0.3) is 0 Å². The van der Waals surface area contributed by atoms with Crippen LogP contribution in [-0.4, -0.2) is 25.2 Å². The summed E-state index contributed by atoms with van der Waals surface area (Å²) in [6.45, 7) is 12.6. The molecule has 0 aliphatic rings. The maximum atomic E-state index is 5.15. The van der Waals surface area contributed by atoms with Crippen LogP contribution in [0.15, 0.2) is 0 Å². The van der Waals surface area contributed by atoms with Gasteiger partial charge in [-0.05, 0) is 26.2 Å². The van der Waals surface area contributed by atoms with Crippen molar-refractivity contribution in [2.45, 2.75) is 46.6 Å². The highest BCUT2D eigenvalue weighted by molar-refractivity contribution is 7.11. The Morgan fingerprint density at radius 1 is 1.39 bits per heavy atom. The van der Waals surface area contributed by atoms with E-state index in [4.69, 9.17) is 9.72 Å². The minimum atomic E-state index is -0.0256. The second-order valence-electron chi connectivity index (χ2n) is 5.06. The topological polar surface area (TPSA) is 34.1 Å². The molecule has 0 amide bonds. The first-order chi connectivity index (χ1) is 8.47. The van der Waals surface area contributed by atoms with E-state index < -0.39 is 0 Å². The van der Waals surface area contributed by atoms with Crippen LogP contribution in [0.4, 0.5) is 0 Å². The molecule has 1 aromatic rings. The lowest BCUT2D eigenvalue weighted by Crippen LogP contribution is -2.47. The van der Waals surface area contributed by atoms with Gasteiger partial charge in [-0.1, -0.05) is 20.8 Å². The molecule has 0 bridgehead atoms. The third kappa shape index (κ3) is 3.11. The molecule has 104 valence electrons. The molecule has 4 heteroatoms. The van der Waals surface area contributed by atoms with Crippen molar-refractivity contribution in [2.24, 2.45) is 5.92 Å². The molecule has 0 saturated heterocycles. The lowest BCUT2D eigenvalue weighted by atomic mass is 9.84. The third-order valence-corrected chi connectivity index (χ3v) is 4.95. The monoisotopic (exact) mass is 270 g/mol. The molecule has 0 fully saturated rings. The van der Waals surface area contributed by atoms with Crippen molar-refractivity contribution in [3.05, 3.63) is 15.6 Å². The van der Waals surface area contributed by atoms with E-state index in [0.717, 1.165) is 25.3 Å². The zero-order chi connectivity index (χ0) is 13.8. The van der Waals surface area contributed by atoms with Gasteiger partial charge in [0.15, 0.2) is 0 Å². The van der Waals surface area contributed by atoms with Crippen molar-refractivity contribution >= 4 is 11.3 Å². The van der Waals surface area contributed by atoms with Gasteiger partial charge in [0.05, 0.1) is 17.8 Å². The summed E-state index contributed by atoms with van der Waals surface area (Å²) in [5.74, 6) is 0.504. The lowest BCUT2D eigenvalue weighted by Gasteiger charge is -2.36. The average molecular weight is 270 g/mol. The van der Waals surface area contributed by atoms with E-state index in [0.29, 0.717) is 5.92 Å². The first-order valence-electron chi connectivity index (χ1n) is 6.66. The van der Waals surface area contributed by atoms with Gasteiger partial charge in [0.1, 0.15) is 5.01 Å². The van der Waals surface area contributed by atoms with E-state index in [9.17, 15) is 0 Å². The second kappa shape index (κ2) is 6.64. The maximum absolute atomic E-state index is 5.15. The van der Waals surface area contributed by atoms with Crippen LogP contribution in [0.5, 0.6) is 0 Å². The van der Waals surface area contributed by atoms with E-state index in [1.165, 1.54) is 9.88 Å². The molecule has 1 rings (SSSR count). The molecule has 3 nitrogen and oxygen atoms in total. The smallest absolute Gasteiger partial charge is 0.113 e. The second-order valence-corrected chi connectivity index (χ2v) is 6.26. The summed E-state index contributed by atoms with van der Waals surface area (Å²) in [6, 6.07) is 0. The summed E-state index contributed by atoms with van der Waals surface area (Å²) in [6.07, 6.45) is 1.04. The van der Waals surface area contributed by atoms with Gasteiger partial charge in [-0.2, -0.15) is 0 Å². The molecular formula is C14H26N2OS. The molecule has 0 aliphatic carbocycles. The van der Waals surface area contributed by atoms with Gasteiger partial charge < -0.3 is 10.1 Å². The Labute approximate surface area is 115 Å². The minimum absolute atomic E-state index is 0.0256. The summed E-state index contributed by atoms with van der Waals surface area (Å²) in [5.41, 5.74) is 1.13. The molecule has 0 spiro atoms. The fourth-order valence-electron chi connectivity index (χ4n) is 2.25. The fraction of sp³-hybridized carbons (Fsp3) is 0.786. The van der Waals surface area contributed by atoms with Crippen LogP contribution in [0.3, 0.4) is 0 Å². The quantitative estimate of drug-likeness (QED) is 0.772. The summed E-state index contributed by atoms with van der Waals surface area (Å²) in [5, 5.41) is 4.88. The number of hydrogen-bond donors (Lipinski definition) is 1. The highest BCUT2D eigenvalue weighted by atomic mass is 32.1. The number of nitrogens with one attached hydrogen (secondary N) is 1. The summed E-state index contributed by atoms with van der Waals surface area (Å²) >= 11 is 1.82. The first kappa shape index (κ1) is 15.6. The van der Waals surface area contributed by atoms with Crippen LogP contribution < -0.4 is 5.32 Å². The van der Waals surface area contributed by atoms with E-state index in [1.807, 2.05) is 11.3 Å². The Balaban J connectivity index is 3.02. The Bertz CT molecular complexity index is 356. The van der Waals surface area contributed by atoms with Crippen molar-refractivity contribution in [1.29, 1.82) is 0 Å². The molecule has 1 N–H and O–H groups in total. The molecular weight excluding hydrogens is 244 g/mol. The van der Waals surface area contributed by atoms with Crippen molar-refractivity contribution in [3.8, 4) is 0 Å². The number of aromatic nitrogens is 1. The molecule has 0 radical (unpaired) electrons. The van der Waals surface area contributed by atoms with Crippen LogP contribution in [-0.2, 0) is 10.3 Å². The summed E-state index contributed by atoms with van der Waals surface area (Å²) < 4.78 is 5.15. The van der Waals surface area contributed by atoms with E-state index in [-0.39, 0.29) is 5.54 Å². The molecule has 1 heterocycles. The average Bonchev–Trinajstić information content (AvgIpc) is 2.65. The number of thiazole rings is 1. The highest BCUT2D eigenvalue weighted by Crippen LogP contribution is 2.36. The first-order valence-corrected chi connectivity index (χ1v) is 7.48. The number of rotatable bonds is 7. The standard InChI is InChI=1S/C14H26N2OS/c1-7-14(10(2)3,15-8-9-17-6)13-16-11(4)12(5)18-13/h10,15H,7-9H2,1-6H3. The van der Waals surface area contributed by atoms with Crippen molar-refractivity contribution in [1.82, 2.24) is 10.3 Å². The zero-order valence-electron chi connectivity index (χ0n) is 12.5. The summed E-state index contributed by atoms with van der Waals surface area (Å²) in [4.78, 5) is 6.09. The van der Waals surface area contributed by atoms with Crippen molar-refractivity contribution < 1.29 is 4.74 Å². The number of ether oxygens (including phenoxy) is 1. The maximum Gasteiger partial charge on any atom is 0.113 e. The predicted octanol–water partition coefficient (Wildman–Crippen LogP) is 3.26. The zero-order valence-corrected chi connectivity index (χ0v) is 13.3. The van der Waals surface area contributed by atoms with Gasteiger partial charge in [0.25, 0.3) is 0 Å². The molecule has 18 heavy (non-hydrogen) atoms. The number of hydrogen-bond acceptors (Lipinski definition) is 4. The molecule has 1 atom stereocenters. The largest absolute Gasteiger partial charge is 0.383 e. The molecule has 1 aromatic heterocycles. The van der Waals surface area contributed by atoms with Gasteiger partial charge in [-0.25, -0.2) is 4.98 Å². The van der Waals surface area contributed by atoms with E-state index in [1.54, 1.807) is 7.11 Å². The van der Waals surface area contributed by atoms with Crippen LogP contribution in [0.1, 0.15) is 42.8 Å². The Kier molecular flexibility index (Phi) is 5.76. The number of aryl methyl sites for hydroxylation is 2. The molecule has 0 aromatic carbocycles. The molecule has 1 unspecified atom stereocenters. The van der Waals surface area contributed by atoms with Crippen molar-refractivity contribution in [2.75, 3.05) is 20.3 Å². The molecule has 0 saturated carbocycles. The summed E-state index contributed by atoms with van der Waals surface area (Å²) in [7, 11) is 1.74. The van der Waals surface area contributed by atoms with Crippen LogP contribution >= 0.6 is 11.3 Å². The van der Waals surface area contributed by atoms with Gasteiger partial charge in [0, 0.05) is 18.5 Å². The van der Waals surface area contributed by atoms with Crippen LogP contribution in [0, 0.1) is 19.8 Å². The Morgan fingerprint density at radius 2 is 2.06 bits per heavy atom. The Morgan fingerprint density at radius 3 is 2.44 bits per heavy atom. The number of nitrogens with zero attached hydrogens (tertiary/aromatic N) is 1. The highest BCUT2D eigenvalue weighted by Gasteiger charge is 2.36. The SMILES string of the molecule is CCC(NCCOC)(c1nc(C)c(C)s1)C(C)C. The normalized spacial score (nSPS) is 15.1. The van der Waals surface area contributed by atoms with Gasteiger partial charge in [-0.15, -0.1) is 11.3 Å². The third-order valence-electron chi connectivity index (χ3n) is 3.70. The fourth-order valence-corrected chi connectivity index (χ4v) is 3.55. The minimum Gasteiger partial charge on any atom is -0.383 e. The lowest BCUT2D eigenvalue weighted by molar-refractivity contribution is 0.163. The van der Waals surface area contributed by atoms with Gasteiger partial charge in [0.2, 0.25) is 0 Å². The van der Waals surface area contributed by atoms with E-state index >= 15 is 0 Å². The number of methoxy groups -OCH3 is 1. The van der Waals surface area contributed by atoms with Crippen LogP contribution in [0.2, 0.25) is 0 Å².